The summed E-state index contributed by atoms with van der Waals surface area (Å²) in [7, 11) is -0.324. The molecular formula is C12H16Cl2N3S+. The van der Waals surface area contributed by atoms with Crippen molar-refractivity contribution in [2.75, 3.05) is 0 Å². The molecule has 18 heavy (non-hydrogen) atoms. The van der Waals surface area contributed by atoms with Gasteiger partial charge in [0.25, 0.3) is 0 Å². The molecule has 0 saturated carbocycles. The summed E-state index contributed by atoms with van der Waals surface area (Å²) in [5.74, 6) is 0. The Kier molecular flexibility index (Phi) is 3.80. The summed E-state index contributed by atoms with van der Waals surface area (Å²) in [4.78, 5) is 1.26. The highest BCUT2D eigenvalue weighted by Gasteiger charge is 2.20. The van der Waals surface area contributed by atoms with Crippen LogP contribution in [0.2, 0.25) is 5.15 Å². The lowest BCUT2D eigenvalue weighted by Gasteiger charge is -2.09. The summed E-state index contributed by atoms with van der Waals surface area (Å²) in [5.41, 5.74) is 5.13. The number of aryl methyl sites for hydroxylation is 2. The van der Waals surface area contributed by atoms with Gasteiger partial charge in [-0.2, -0.15) is 0 Å². The fourth-order valence-electron chi connectivity index (χ4n) is 1.97. The van der Waals surface area contributed by atoms with E-state index in [9.17, 15) is 0 Å². The number of aromatic amines is 2. The first-order valence-corrected chi connectivity index (χ1v) is 7.57. The summed E-state index contributed by atoms with van der Waals surface area (Å²) < 4.78 is 4.43. The van der Waals surface area contributed by atoms with E-state index in [2.05, 4.69) is 43.3 Å². The van der Waals surface area contributed by atoms with E-state index in [1.807, 2.05) is 5.38 Å². The molecule has 0 aliphatic carbocycles. The molecular weight excluding hydrogens is 289 g/mol. The second-order valence-corrected chi connectivity index (χ2v) is 6.62. The summed E-state index contributed by atoms with van der Waals surface area (Å²) in [6.07, 6.45) is 0. The minimum Gasteiger partial charge on any atom is -0.250 e. The van der Waals surface area contributed by atoms with Crippen molar-refractivity contribution >= 4 is 34.0 Å². The van der Waals surface area contributed by atoms with Gasteiger partial charge in [-0.1, -0.05) is 26.5 Å². The topological polar surface area (TPSA) is 36.5 Å². The number of aromatic nitrogens is 3. The Morgan fingerprint density at radius 2 is 1.67 bits per heavy atom. The quantitative estimate of drug-likeness (QED) is 0.703. The molecule has 0 saturated heterocycles. The Hall–Kier alpha value is -0.840. The highest BCUT2D eigenvalue weighted by molar-refractivity contribution is 7.33. The molecule has 6 heteroatoms. The summed E-state index contributed by atoms with van der Waals surface area (Å²) >= 11 is 12.0. The SMILES string of the molecule is Cc1cc(C)c(C)c(-[s+]2cc(Cl)[nH]n(Cl)[nH]2)c1C. The molecule has 98 valence electrons. The number of nitrogens with one attached hydrogen (secondary N) is 2. The predicted molar refractivity (Wildman–Crippen MR) is 79.8 cm³/mol. The van der Waals surface area contributed by atoms with Crippen molar-refractivity contribution in [1.29, 1.82) is 0 Å². The van der Waals surface area contributed by atoms with Crippen molar-refractivity contribution in [3.05, 3.63) is 38.9 Å². The molecule has 1 heterocycles. The van der Waals surface area contributed by atoms with E-state index in [1.54, 1.807) is 0 Å². The van der Waals surface area contributed by atoms with Crippen LogP contribution in [0.1, 0.15) is 22.3 Å². The number of hydrogen-bond acceptors (Lipinski definition) is 0. The number of hydrogen-bond donors (Lipinski definition) is 2. The van der Waals surface area contributed by atoms with E-state index in [0.717, 1.165) is 0 Å². The molecule has 1 atom stereocenters. The third kappa shape index (κ3) is 2.46. The van der Waals surface area contributed by atoms with Gasteiger partial charge in [-0.3, -0.25) is 5.10 Å². The lowest BCUT2D eigenvalue weighted by Crippen LogP contribution is -1.99. The molecule has 3 nitrogen and oxygen atoms in total. The Labute approximate surface area is 119 Å². The first-order chi connectivity index (χ1) is 8.40. The molecule has 0 radical (unpaired) electrons. The summed E-state index contributed by atoms with van der Waals surface area (Å²) in [6.45, 7) is 8.52. The number of benzene rings is 1. The van der Waals surface area contributed by atoms with E-state index >= 15 is 0 Å². The van der Waals surface area contributed by atoms with Gasteiger partial charge in [0.2, 0.25) is 10.3 Å². The predicted octanol–water partition coefficient (Wildman–Crippen LogP) is 4.90. The Morgan fingerprint density at radius 1 is 1.11 bits per heavy atom. The Bertz CT molecular complexity index is 583. The number of halogens is 2. The van der Waals surface area contributed by atoms with E-state index in [0.29, 0.717) is 5.15 Å². The van der Waals surface area contributed by atoms with Gasteiger partial charge in [-0.05, 0) is 38.8 Å². The van der Waals surface area contributed by atoms with Crippen LogP contribution in [0.4, 0.5) is 0 Å². The van der Waals surface area contributed by atoms with Crippen LogP contribution in [0.5, 0.6) is 0 Å². The number of rotatable bonds is 1. The fraction of sp³-hybridized carbons (Fsp3) is 0.333. The smallest absolute Gasteiger partial charge is 0.208 e. The summed E-state index contributed by atoms with van der Waals surface area (Å²) in [5, 5.41) is 5.25. The Morgan fingerprint density at radius 3 is 2.17 bits per heavy atom. The molecule has 2 aromatic rings. The molecule has 2 rings (SSSR count). The molecule has 0 spiro atoms. The minimum atomic E-state index is -0.324. The van der Waals surface area contributed by atoms with Crippen LogP contribution in [-0.2, 0) is 0 Å². The maximum atomic E-state index is 6.03. The zero-order valence-electron chi connectivity index (χ0n) is 10.8. The second kappa shape index (κ2) is 5.03. The highest BCUT2D eigenvalue weighted by Crippen LogP contribution is 2.37. The van der Waals surface area contributed by atoms with Gasteiger partial charge in [0.1, 0.15) is 10.7 Å². The van der Waals surface area contributed by atoms with Crippen molar-refractivity contribution in [3.63, 3.8) is 0 Å². The highest BCUT2D eigenvalue weighted by atomic mass is 35.5. The molecule has 1 unspecified atom stereocenters. The average molecular weight is 305 g/mol. The second-order valence-electron chi connectivity index (χ2n) is 4.38. The van der Waals surface area contributed by atoms with Crippen LogP contribution in [0.3, 0.4) is 0 Å². The molecule has 0 fully saturated rings. The van der Waals surface area contributed by atoms with Gasteiger partial charge in [-0.15, -0.1) is 0 Å². The monoisotopic (exact) mass is 304 g/mol. The van der Waals surface area contributed by atoms with E-state index in [1.165, 1.54) is 31.5 Å². The minimum absolute atomic E-state index is 0.324. The van der Waals surface area contributed by atoms with Gasteiger partial charge >= 0.3 is 0 Å². The van der Waals surface area contributed by atoms with Gasteiger partial charge < -0.3 is 0 Å². The van der Waals surface area contributed by atoms with Gasteiger partial charge in [-0.25, -0.2) is 0 Å². The molecule has 0 aliphatic heterocycles. The molecule has 1 aromatic heterocycles. The van der Waals surface area contributed by atoms with Crippen LogP contribution in [0.25, 0.3) is 4.90 Å². The third-order valence-electron chi connectivity index (χ3n) is 3.12. The van der Waals surface area contributed by atoms with Crippen LogP contribution < -0.4 is 0 Å². The van der Waals surface area contributed by atoms with Crippen LogP contribution in [-0.4, -0.2) is 13.9 Å². The van der Waals surface area contributed by atoms with Crippen molar-refractivity contribution in [3.8, 4) is 4.90 Å². The number of H-pyrrole nitrogens is 2. The van der Waals surface area contributed by atoms with Crippen molar-refractivity contribution in [2.45, 2.75) is 27.7 Å². The van der Waals surface area contributed by atoms with E-state index in [-0.39, 0.29) is 10.7 Å². The maximum absolute atomic E-state index is 6.03. The first-order valence-electron chi connectivity index (χ1n) is 5.57. The van der Waals surface area contributed by atoms with Crippen molar-refractivity contribution < 1.29 is 0 Å². The maximum Gasteiger partial charge on any atom is 0.208 e. The van der Waals surface area contributed by atoms with E-state index in [4.69, 9.17) is 23.4 Å². The van der Waals surface area contributed by atoms with Crippen molar-refractivity contribution in [1.82, 2.24) is 13.9 Å². The van der Waals surface area contributed by atoms with Crippen molar-refractivity contribution in [2.24, 2.45) is 0 Å². The van der Waals surface area contributed by atoms with Crippen LogP contribution in [0, 0.1) is 27.7 Å². The van der Waals surface area contributed by atoms with Crippen LogP contribution in [0.15, 0.2) is 11.4 Å². The molecule has 0 amide bonds. The number of nitrogens with zero attached hydrogens (tertiary/aromatic N) is 1. The standard InChI is InChI=1S/C12H16Cl2N3S/c1-7-5-8(2)10(4)12(9(7)3)18-6-11(13)15-17(14)16-18/h5-6,15-16H,1-4H3/q+1. The van der Waals surface area contributed by atoms with E-state index < -0.39 is 0 Å². The fourth-order valence-corrected chi connectivity index (χ4v) is 4.40. The normalized spacial score (nSPS) is 11.8. The zero-order chi connectivity index (χ0) is 13.4. The Balaban J connectivity index is 2.78. The summed E-state index contributed by atoms with van der Waals surface area (Å²) in [6, 6.07) is 2.21. The van der Waals surface area contributed by atoms with Crippen LogP contribution >= 0.6 is 34.0 Å². The molecule has 2 N–H and O–H groups in total. The van der Waals surface area contributed by atoms with Gasteiger partial charge in [0.15, 0.2) is 5.15 Å². The lowest BCUT2D eigenvalue weighted by atomic mass is 10.0. The zero-order valence-corrected chi connectivity index (χ0v) is 13.1. The first kappa shape index (κ1) is 13.6. The molecule has 1 aromatic carbocycles. The largest absolute Gasteiger partial charge is 0.250 e. The molecule has 0 aliphatic rings. The molecule has 0 bridgehead atoms. The average Bonchev–Trinajstić information content (AvgIpc) is 2.25. The lowest BCUT2D eigenvalue weighted by molar-refractivity contribution is 0.832. The van der Waals surface area contributed by atoms with Gasteiger partial charge in [0, 0.05) is 11.1 Å². The van der Waals surface area contributed by atoms with Gasteiger partial charge in [0.05, 0.1) is 11.8 Å². The third-order valence-corrected chi connectivity index (χ3v) is 5.62.